The van der Waals surface area contributed by atoms with E-state index >= 15 is 0 Å². The van der Waals surface area contributed by atoms with Gasteiger partial charge in [0.15, 0.2) is 0 Å². The third-order valence-electron chi connectivity index (χ3n) is 6.80. The van der Waals surface area contributed by atoms with Crippen molar-refractivity contribution >= 4 is 28.3 Å². The number of amides is 1. The summed E-state index contributed by atoms with van der Waals surface area (Å²) in [6.45, 7) is 1.63. The Hall–Kier alpha value is -3.32. The molecule has 0 radical (unpaired) electrons. The van der Waals surface area contributed by atoms with Gasteiger partial charge in [-0.15, -0.1) is 0 Å². The molecule has 2 N–H and O–H groups in total. The van der Waals surface area contributed by atoms with E-state index in [1.165, 1.54) is 32.1 Å². The SMILES string of the molecule is COc1ccc(Nc2cc(C(=O)NCCCN(C)C3CCCCC3)c3ccccc3n2)c(OC)c1. The van der Waals surface area contributed by atoms with Gasteiger partial charge >= 0.3 is 0 Å². The highest BCUT2D eigenvalue weighted by molar-refractivity contribution is 6.07. The molecule has 1 aromatic heterocycles. The molecule has 0 atom stereocenters. The molecule has 0 unspecified atom stereocenters. The fraction of sp³-hybridized carbons (Fsp3) is 0.429. The summed E-state index contributed by atoms with van der Waals surface area (Å²) < 4.78 is 10.8. The Morgan fingerprint density at radius 2 is 1.86 bits per heavy atom. The van der Waals surface area contributed by atoms with Crippen LogP contribution in [0.4, 0.5) is 11.5 Å². The molecule has 35 heavy (non-hydrogen) atoms. The molecule has 0 saturated heterocycles. The largest absolute Gasteiger partial charge is 0.497 e. The molecule has 1 amide bonds. The van der Waals surface area contributed by atoms with Crippen LogP contribution in [0.5, 0.6) is 11.5 Å². The van der Waals surface area contributed by atoms with Crippen LogP contribution in [-0.4, -0.2) is 56.2 Å². The van der Waals surface area contributed by atoms with Gasteiger partial charge in [0, 0.05) is 24.0 Å². The molecular weight excluding hydrogens is 440 g/mol. The first-order valence-electron chi connectivity index (χ1n) is 12.5. The molecule has 3 aromatic rings. The molecule has 1 aliphatic carbocycles. The Morgan fingerprint density at radius 1 is 1.06 bits per heavy atom. The maximum absolute atomic E-state index is 13.2. The summed E-state index contributed by atoms with van der Waals surface area (Å²) in [5.41, 5.74) is 2.10. The average Bonchev–Trinajstić information content (AvgIpc) is 2.91. The topological polar surface area (TPSA) is 75.7 Å². The lowest BCUT2D eigenvalue weighted by molar-refractivity contribution is 0.0952. The Labute approximate surface area is 207 Å². The Bertz CT molecular complexity index is 1140. The quantitative estimate of drug-likeness (QED) is 0.383. The molecule has 7 heteroatoms. The number of carbonyl (C=O) groups excluding carboxylic acids is 1. The molecule has 4 rings (SSSR count). The number of methoxy groups -OCH3 is 2. The van der Waals surface area contributed by atoms with E-state index in [4.69, 9.17) is 14.5 Å². The number of nitrogens with one attached hydrogen (secondary N) is 2. The normalized spacial score (nSPS) is 14.2. The van der Waals surface area contributed by atoms with Crippen molar-refractivity contribution in [3.63, 3.8) is 0 Å². The van der Waals surface area contributed by atoms with Gasteiger partial charge < -0.3 is 25.0 Å². The fourth-order valence-electron chi connectivity index (χ4n) is 4.80. The molecule has 0 spiro atoms. The van der Waals surface area contributed by atoms with E-state index in [1.807, 2.05) is 36.4 Å². The average molecular weight is 477 g/mol. The smallest absolute Gasteiger partial charge is 0.252 e. The highest BCUT2D eigenvalue weighted by Gasteiger charge is 2.18. The van der Waals surface area contributed by atoms with Crippen molar-refractivity contribution in [3.05, 3.63) is 54.1 Å². The number of hydrogen-bond donors (Lipinski definition) is 2. The van der Waals surface area contributed by atoms with Gasteiger partial charge in [-0.1, -0.05) is 37.5 Å². The second kappa shape index (κ2) is 11.9. The van der Waals surface area contributed by atoms with Crippen molar-refractivity contribution in [2.75, 3.05) is 39.7 Å². The Morgan fingerprint density at radius 3 is 2.63 bits per heavy atom. The summed E-state index contributed by atoms with van der Waals surface area (Å²) in [5.74, 6) is 1.82. The van der Waals surface area contributed by atoms with Crippen LogP contribution in [0, 0.1) is 0 Å². The molecule has 1 saturated carbocycles. The number of carbonyl (C=O) groups is 1. The van der Waals surface area contributed by atoms with Gasteiger partial charge in [-0.2, -0.15) is 0 Å². The maximum Gasteiger partial charge on any atom is 0.252 e. The molecule has 1 fully saturated rings. The first-order valence-corrected chi connectivity index (χ1v) is 12.5. The van der Waals surface area contributed by atoms with Gasteiger partial charge in [0.2, 0.25) is 0 Å². The number of fused-ring (bicyclic) bond motifs is 1. The van der Waals surface area contributed by atoms with E-state index in [2.05, 4.69) is 22.6 Å². The van der Waals surface area contributed by atoms with Gasteiger partial charge in [-0.05, 0) is 57.1 Å². The lowest BCUT2D eigenvalue weighted by Gasteiger charge is -2.31. The third kappa shape index (κ3) is 6.22. The second-order valence-corrected chi connectivity index (χ2v) is 9.15. The van der Waals surface area contributed by atoms with Crippen molar-refractivity contribution in [1.82, 2.24) is 15.2 Å². The van der Waals surface area contributed by atoms with E-state index in [0.29, 0.717) is 35.5 Å². The minimum atomic E-state index is -0.0892. The lowest BCUT2D eigenvalue weighted by atomic mass is 9.94. The molecule has 0 aliphatic heterocycles. The van der Waals surface area contributed by atoms with Gasteiger partial charge in [-0.25, -0.2) is 4.98 Å². The number of ether oxygens (including phenoxy) is 2. The minimum Gasteiger partial charge on any atom is -0.497 e. The highest BCUT2D eigenvalue weighted by Crippen LogP contribution is 2.32. The van der Waals surface area contributed by atoms with Crippen molar-refractivity contribution in [1.29, 1.82) is 0 Å². The first kappa shape index (κ1) is 24.8. The van der Waals surface area contributed by atoms with E-state index in [9.17, 15) is 4.79 Å². The number of aromatic nitrogens is 1. The molecule has 7 nitrogen and oxygen atoms in total. The minimum absolute atomic E-state index is 0.0892. The monoisotopic (exact) mass is 476 g/mol. The molecule has 186 valence electrons. The van der Waals surface area contributed by atoms with E-state index < -0.39 is 0 Å². The van der Waals surface area contributed by atoms with Gasteiger partial charge in [-0.3, -0.25) is 4.79 Å². The number of para-hydroxylation sites is 1. The third-order valence-corrected chi connectivity index (χ3v) is 6.80. The van der Waals surface area contributed by atoms with Crippen LogP contribution in [-0.2, 0) is 0 Å². The van der Waals surface area contributed by atoms with Crippen LogP contribution in [0.15, 0.2) is 48.5 Å². The number of rotatable bonds is 10. The van der Waals surface area contributed by atoms with Crippen LogP contribution < -0.4 is 20.1 Å². The number of benzene rings is 2. The first-order chi connectivity index (χ1) is 17.1. The second-order valence-electron chi connectivity index (χ2n) is 9.15. The molecule has 1 aliphatic rings. The number of anilines is 2. The van der Waals surface area contributed by atoms with Gasteiger partial charge in [0.25, 0.3) is 5.91 Å². The summed E-state index contributed by atoms with van der Waals surface area (Å²) in [6, 6.07) is 15.7. The Balaban J connectivity index is 1.45. The van der Waals surface area contributed by atoms with E-state index in [0.717, 1.165) is 29.6 Å². The highest BCUT2D eigenvalue weighted by atomic mass is 16.5. The van der Waals surface area contributed by atoms with Crippen LogP contribution in [0.25, 0.3) is 10.9 Å². The van der Waals surface area contributed by atoms with E-state index in [-0.39, 0.29) is 5.91 Å². The summed E-state index contributed by atoms with van der Waals surface area (Å²) in [5, 5.41) is 7.25. The van der Waals surface area contributed by atoms with Gasteiger partial charge in [0.1, 0.15) is 17.3 Å². The predicted octanol–water partition coefficient (Wildman–Crippen LogP) is 5.38. The zero-order valence-electron chi connectivity index (χ0n) is 21.0. The van der Waals surface area contributed by atoms with Crippen molar-refractivity contribution < 1.29 is 14.3 Å². The van der Waals surface area contributed by atoms with Crippen molar-refractivity contribution in [3.8, 4) is 11.5 Å². The van der Waals surface area contributed by atoms with Crippen LogP contribution in [0.3, 0.4) is 0 Å². The van der Waals surface area contributed by atoms with Crippen LogP contribution >= 0.6 is 0 Å². The van der Waals surface area contributed by atoms with Crippen molar-refractivity contribution in [2.45, 2.75) is 44.6 Å². The number of hydrogen-bond acceptors (Lipinski definition) is 6. The Kier molecular flexibility index (Phi) is 8.42. The lowest BCUT2D eigenvalue weighted by Crippen LogP contribution is -2.35. The summed E-state index contributed by atoms with van der Waals surface area (Å²) >= 11 is 0. The van der Waals surface area contributed by atoms with Crippen LogP contribution in [0.1, 0.15) is 48.9 Å². The standard InChI is InChI=1S/C28H36N4O3/c1-32(20-10-5-4-6-11-20)17-9-16-29-28(33)23-19-27(30-24-13-8-7-12-22(23)24)31-25-15-14-21(34-2)18-26(25)35-3/h7-8,12-15,18-20H,4-6,9-11,16-17H2,1-3H3,(H,29,33)(H,30,31). The summed E-state index contributed by atoms with van der Waals surface area (Å²) in [6.07, 6.45) is 7.54. The predicted molar refractivity (Wildman–Crippen MR) is 141 cm³/mol. The maximum atomic E-state index is 13.2. The number of nitrogens with zero attached hydrogens (tertiary/aromatic N) is 2. The zero-order chi connectivity index (χ0) is 24.6. The fourth-order valence-corrected chi connectivity index (χ4v) is 4.80. The molecule has 0 bridgehead atoms. The summed E-state index contributed by atoms with van der Waals surface area (Å²) in [4.78, 5) is 20.4. The zero-order valence-corrected chi connectivity index (χ0v) is 21.0. The van der Waals surface area contributed by atoms with E-state index in [1.54, 1.807) is 26.4 Å². The molecular formula is C28H36N4O3. The van der Waals surface area contributed by atoms with Crippen LogP contribution in [0.2, 0.25) is 0 Å². The molecule has 2 aromatic carbocycles. The number of pyridine rings is 1. The van der Waals surface area contributed by atoms with Gasteiger partial charge in [0.05, 0.1) is 31.0 Å². The molecule has 1 heterocycles. The van der Waals surface area contributed by atoms with Crippen molar-refractivity contribution in [2.24, 2.45) is 0 Å². The summed E-state index contributed by atoms with van der Waals surface area (Å²) in [7, 11) is 5.43.